The van der Waals surface area contributed by atoms with Crippen LogP contribution in [-0.2, 0) is 6.18 Å². The molecule has 0 bridgehead atoms. The van der Waals surface area contributed by atoms with Crippen molar-refractivity contribution in [1.29, 1.82) is 0 Å². The van der Waals surface area contributed by atoms with E-state index in [1.165, 1.54) is 0 Å². The van der Waals surface area contributed by atoms with Crippen molar-refractivity contribution in [2.45, 2.75) is 6.18 Å². The van der Waals surface area contributed by atoms with E-state index >= 15 is 0 Å². The number of halogens is 6. The summed E-state index contributed by atoms with van der Waals surface area (Å²) in [5.74, 6) is 0. The minimum absolute atomic E-state index is 0.141. The van der Waals surface area contributed by atoms with Crippen LogP contribution in [0.1, 0.15) is 5.56 Å². The van der Waals surface area contributed by atoms with Crippen molar-refractivity contribution in [3.05, 3.63) is 23.8 Å². The summed E-state index contributed by atoms with van der Waals surface area (Å²) in [7, 11) is 0. The fourth-order valence-electron chi connectivity index (χ4n) is 0.954. The lowest BCUT2D eigenvalue weighted by molar-refractivity contribution is -0.137. The average Bonchev–Trinajstić information content (AvgIpc) is 2.15. The van der Waals surface area contributed by atoms with Crippen molar-refractivity contribution in [3.8, 4) is 0 Å². The zero-order valence-corrected chi connectivity index (χ0v) is 6.95. The topological polar surface area (TPSA) is 15.3 Å². The second-order valence-electron chi connectivity index (χ2n) is 2.56. The van der Waals surface area contributed by atoms with Crippen LogP contribution in [0.5, 0.6) is 0 Å². The molecule has 0 aliphatic heterocycles. The van der Waals surface area contributed by atoms with Gasteiger partial charge in [0.05, 0.1) is 11.3 Å². The number of nitrogens with one attached hydrogen (secondary N) is 1. The maximum atomic E-state index is 12.2. The third kappa shape index (κ3) is 2.45. The molecule has 1 aromatic carbocycles. The zero-order chi connectivity index (χ0) is 11.6. The maximum Gasteiger partial charge on any atom is 0.418 e. The molecule has 0 radical (unpaired) electrons. The van der Waals surface area contributed by atoms with E-state index in [2.05, 4.69) is 0 Å². The standard InChI is InChI=1S/C7H4F6N2/c8-7(9,10)5-3-4(15(12)13)1-2-6(5)14-11/h1-3,14H. The Morgan fingerprint density at radius 2 is 1.73 bits per heavy atom. The fourth-order valence-corrected chi connectivity index (χ4v) is 0.954. The van der Waals surface area contributed by atoms with Crippen molar-refractivity contribution in [2.24, 2.45) is 0 Å². The Bertz CT molecular complexity index is 348. The van der Waals surface area contributed by atoms with Gasteiger partial charge in [-0.15, -0.1) is 4.48 Å². The summed E-state index contributed by atoms with van der Waals surface area (Å²) in [4.78, 5) is 0. The van der Waals surface area contributed by atoms with Crippen molar-refractivity contribution >= 4 is 11.4 Å². The van der Waals surface area contributed by atoms with Crippen LogP contribution in [0.4, 0.5) is 38.0 Å². The number of rotatable bonds is 2. The lowest BCUT2D eigenvalue weighted by Gasteiger charge is -2.12. The van der Waals surface area contributed by atoms with Gasteiger partial charge in [0.25, 0.3) is 0 Å². The molecule has 0 atom stereocenters. The lowest BCUT2D eigenvalue weighted by atomic mass is 10.1. The van der Waals surface area contributed by atoms with E-state index in [0.29, 0.717) is 12.1 Å². The molecule has 8 heteroatoms. The molecule has 1 N–H and O–H groups in total. The van der Waals surface area contributed by atoms with E-state index in [4.69, 9.17) is 0 Å². The summed E-state index contributed by atoms with van der Waals surface area (Å²) in [6, 6.07) is 1.36. The first-order valence-corrected chi connectivity index (χ1v) is 3.56. The van der Waals surface area contributed by atoms with E-state index in [1.54, 1.807) is 0 Å². The minimum atomic E-state index is -4.90. The van der Waals surface area contributed by atoms with Crippen molar-refractivity contribution in [3.63, 3.8) is 0 Å². The van der Waals surface area contributed by atoms with E-state index in [1.807, 2.05) is 0 Å². The Morgan fingerprint density at radius 3 is 2.13 bits per heavy atom. The van der Waals surface area contributed by atoms with Gasteiger partial charge in [-0.25, -0.2) is 5.54 Å². The van der Waals surface area contributed by atoms with Crippen molar-refractivity contribution in [1.82, 2.24) is 0 Å². The number of hydrogen-bond donors (Lipinski definition) is 1. The fraction of sp³-hybridized carbons (Fsp3) is 0.143. The number of alkyl halides is 3. The van der Waals surface area contributed by atoms with Crippen LogP contribution in [-0.4, -0.2) is 0 Å². The molecule has 0 fully saturated rings. The number of nitrogens with zero attached hydrogens (tertiary/aromatic N) is 1. The molecule has 0 heterocycles. The summed E-state index contributed by atoms with van der Waals surface area (Å²) in [6.45, 7) is 0. The highest BCUT2D eigenvalue weighted by Crippen LogP contribution is 2.37. The highest BCUT2D eigenvalue weighted by atomic mass is 19.4. The predicted octanol–water partition coefficient (Wildman–Crippen LogP) is 3.58. The summed E-state index contributed by atoms with van der Waals surface area (Å²) in [6.07, 6.45) is -4.90. The van der Waals surface area contributed by atoms with Crippen LogP contribution in [0.15, 0.2) is 18.2 Å². The molecule has 1 aromatic rings. The molecule has 1 rings (SSSR count). The van der Waals surface area contributed by atoms with Gasteiger partial charge in [0.1, 0.15) is 5.69 Å². The Hall–Kier alpha value is -1.60. The Labute approximate surface area is 79.9 Å². The van der Waals surface area contributed by atoms with Crippen molar-refractivity contribution in [2.75, 3.05) is 10.9 Å². The van der Waals surface area contributed by atoms with Crippen LogP contribution in [0.2, 0.25) is 0 Å². The summed E-state index contributed by atoms with van der Waals surface area (Å²) in [5.41, 5.74) is -2.59. The highest BCUT2D eigenvalue weighted by Gasteiger charge is 2.34. The molecule has 0 saturated carbocycles. The molecule has 0 aliphatic carbocycles. The number of anilines is 2. The van der Waals surface area contributed by atoms with E-state index in [9.17, 15) is 26.6 Å². The van der Waals surface area contributed by atoms with E-state index in [-0.39, 0.29) is 6.07 Å². The number of benzene rings is 1. The molecule has 0 aliphatic rings. The van der Waals surface area contributed by atoms with E-state index < -0.39 is 28.5 Å². The SMILES string of the molecule is FNc1ccc(N(F)F)cc1C(F)(F)F. The minimum Gasteiger partial charge on any atom is -0.224 e. The zero-order valence-electron chi connectivity index (χ0n) is 6.95. The van der Waals surface area contributed by atoms with Crippen LogP contribution >= 0.6 is 0 Å². The molecule has 0 amide bonds. The molecule has 0 aromatic heterocycles. The van der Waals surface area contributed by atoms with E-state index in [0.717, 1.165) is 5.54 Å². The average molecular weight is 230 g/mol. The first kappa shape index (κ1) is 11.5. The van der Waals surface area contributed by atoms with Crippen LogP contribution < -0.4 is 10.9 Å². The summed E-state index contributed by atoms with van der Waals surface area (Å²) in [5, 5.41) is -1.49. The van der Waals surface area contributed by atoms with Gasteiger partial charge in [-0.1, -0.05) is 8.96 Å². The maximum absolute atomic E-state index is 12.2. The van der Waals surface area contributed by atoms with Gasteiger partial charge in [-0.05, 0) is 23.5 Å². The molecule has 0 unspecified atom stereocenters. The second kappa shape index (κ2) is 3.87. The van der Waals surface area contributed by atoms with Gasteiger partial charge >= 0.3 is 6.18 Å². The van der Waals surface area contributed by atoms with Crippen molar-refractivity contribution < 1.29 is 26.6 Å². The monoisotopic (exact) mass is 230 g/mol. The van der Waals surface area contributed by atoms with Gasteiger partial charge in [0.2, 0.25) is 0 Å². The summed E-state index contributed by atoms with van der Waals surface area (Å²) < 4.78 is 72.4. The first-order valence-electron chi connectivity index (χ1n) is 3.56. The smallest absolute Gasteiger partial charge is 0.224 e. The third-order valence-electron chi connectivity index (χ3n) is 1.61. The third-order valence-corrected chi connectivity index (χ3v) is 1.61. The molecular formula is C7H4F6N2. The van der Waals surface area contributed by atoms with Gasteiger partial charge in [-0.2, -0.15) is 13.2 Å². The van der Waals surface area contributed by atoms with Gasteiger partial charge in [-0.3, -0.25) is 0 Å². The lowest BCUT2D eigenvalue weighted by Crippen LogP contribution is -2.09. The molecule has 0 spiro atoms. The summed E-state index contributed by atoms with van der Waals surface area (Å²) >= 11 is 0. The van der Waals surface area contributed by atoms with Gasteiger partial charge in [0.15, 0.2) is 0 Å². The number of hydrogen-bond acceptors (Lipinski definition) is 2. The van der Waals surface area contributed by atoms with Gasteiger partial charge < -0.3 is 0 Å². The predicted molar refractivity (Wildman–Crippen MR) is 40.9 cm³/mol. The molecule has 15 heavy (non-hydrogen) atoms. The molecule has 2 nitrogen and oxygen atoms in total. The largest absolute Gasteiger partial charge is 0.418 e. The molecular weight excluding hydrogens is 226 g/mol. The normalized spacial score (nSPS) is 11.3. The second-order valence-corrected chi connectivity index (χ2v) is 2.56. The first-order chi connectivity index (χ1) is 6.86. The van der Waals surface area contributed by atoms with Crippen LogP contribution in [0.3, 0.4) is 0 Å². The Balaban J connectivity index is 3.26. The highest BCUT2D eigenvalue weighted by molar-refractivity contribution is 5.59. The molecule has 84 valence electrons. The van der Waals surface area contributed by atoms with Gasteiger partial charge in [0, 0.05) is 0 Å². The Morgan fingerprint density at radius 1 is 1.13 bits per heavy atom. The van der Waals surface area contributed by atoms with Crippen LogP contribution in [0, 0.1) is 0 Å². The van der Waals surface area contributed by atoms with Crippen LogP contribution in [0.25, 0.3) is 0 Å². The quantitative estimate of drug-likeness (QED) is 0.617. The Kier molecular flexibility index (Phi) is 2.96. The molecule has 0 saturated heterocycles.